The number of benzene rings is 1. The summed E-state index contributed by atoms with van der Waals surface area (Å²) in [6, 6.07) is 8.93. The normalized spacial score (nSPS) is 12.3. The summed E-state index contributed by atoms with van der Waals surface area (Å²) < 4.78 is 1.65. The minimum atomic E-state index is -0.866. The molecule has 0 unspecified atom stereocenters. The lowest BCUT2D eigenvalue weighted by atomic mass is 10.2. The van der Waals surface area contributed by atoms with Gasteiger partial charge in [0.05, 0.1) is 0 Å². The first-order chi connectivity index (χ1) is 7.70. The number of aromatic nitrogens is 2. The van der Waals surface area contributed by atoms with Gasteiger partial charge in [-0.15, -0.1) is 0 Å². The molecule has 1 heterocycles. The number of aliphatic carboxylic acids is 1. The van der Waals surface area contributed by atoms with Crippen molar-refractivity contribution in [3.8, 4) is 11.4 Å². The minimum absolute atomic E-state index is 0.613. The number of hydrogen-bond acceptors (Lipinski definition) is 2. The fourth-order valence-corrected chi connectivity index (χ4v) is 1.56. The second kappa shape index (κ2) is 4.18. The van der Waals surface area contributed by atoms with Crippen LogP contribution >= 0.6 is 0 Å². The monoisotopic (exact) mass is 216 g/mol. The Morgan fingerprint density at radius 3 is 2.69 bits per heavy atom. The van der Waals surface area contributed by atoms with Crippen LogP contribution in [0.4, 0.5) is 0 Å². The number of carboxylic acid groups (broad SMARTS) is 1. The van der Waals surface area contributed by atoms with E-state index in [1.54, 1.807) is 23.9 Å². The van der Waals surface area contributed by atoms with E-state index in [1.165, 1.54) is 0 Å². The number of nitrogens with zero attached hydrogens (tertiary/aromatic N) is 2. The third kappa shape index (κ3) is 1.82. The summed E-state index contributed by atoms with van der Waals surface area (Å²) in [7, 11) is 0. The van der Waals surface area contributed by atoms with Gasteiger partial charge in [-0.25, -0.2) is 9.78 Å². The fraction of sp³-hybridized carbons (Fsp3) is 0.167. The van der Waals surface area contributed by atoms with Crippen LogP contribution in [-0.2, 0) is 4.79 Å². The van der Waals surface area contributed by atoms with Crippen LogP contribution in [-0.4, -0.2) is 20.6 Å². The highest BCUT2D eigenvalue weighted by Crippen LogP contribution is 2.20. The molecule has 0 fully saturated rings. The van der Waals surface area contributed by atoms with E-state index in [9.17, 15) is 4.79 Å². The molecular weight excluding hydrogens is 204 g/mol. The quantitative estimate of drug-likeness (QED) is 0.855. The Hall–Kier alpha value is -2.10. The zero-order chi connectivity index (χ0) is 11.5. The van der Waals surface area contributed by atoms with Crippen LogP contribution in [0.1, 0.15) is 13.0 Å². The Balaban J connectivity index is 2.44. The van der Waals surface area contributed by atoms with Crippen LogP contribution in [0, 0.1) is 0 Å². The summed E-state index contributed by atoms with van der Waals surface area (Å²) in [4.78, 5) is 15.1. The van der Waals surface area contributed by atoms with E-state index in [2.05, 4.69) is 4.98 Å². The minimum Gasteiger partial charge on any atom is -0.480 e. The molecule has 2 rings (SSSR count). The molecule has 0 saturated carbocycles. The van der Waals surface area contributed by atoms with Gasteiger partial charge in [0, 0.05) is 18.0 Å². The molecule has 16 heavy (non-hydrogen) atoms. The largest absolute Gasteiger partial charge is 0.480 e. The van der Waals surface area contributed by atoms with E-state index in [0.717, 1.165) is 5.56 Å². The molecule has 82 valence electrons. The average molecular weight is 216 g/mol. The van der Waals surface area contributed by atoms with Gasteiger partial charge in [0.2, 0.25) is 0 Å². The van der Waals surface area contributed by atoms with Crippen molar-refractivity contribution in [2.24, 2.45) is 0 Å². The van der Waals surface area contributed by atoms with E-state index in [1.807, 2.05) is 30.3 Å². The van der Waals surface area contributed by atoms with E-state index >= 15 is 0 Å². The lowest BCUT2D eigenvalue weighted by Crippen LogP contribution is -2.15. The highest BCUT2D eigenvalue weighted by atomic mass is 16.4. The Labute approximate surface area is 93.2 Å². The zero-order valence-corrected chi connectivity index (χ0v) is 8.87. The van der Waals surface area contributed by atoms with E-state index in [0.29, 0.717) is 5.82 Å². The predicted molar refractivity (Wildman–Crippen MR) is 60.0 cm³/mol. The van der Waals surface area contributed by atoms with Crippen molar-refractivity contribution in [3.05, 3.63) is 42.7 Å². The van der Waals surface area contributed by atoms with Crippen molar-refractivity contribution in [1.29, 1.82) is 0 Å². The van der Waals surface area contributed by atoms with Gasteiger partial charge in [-0.1, -0.05) is 30.3 Å². The second-order valence-corrected chi connectivity index (χ2v) is 3.54. The first-order valence-electron chi connectivity index (χ1n) is 5.01. The molecule has 0 amide bonds. The van der Waals surface area contributed by atoms with Gasteiger partial charge < -0.3 is 9.67 Å². The first kappa shape index (κ1) is 10.4. The van der Waals surface area contributed by atoms with Crippen molar-refractivity contribution >= 4 is 5.97 Å². The molecule has 4 nitrogen and oxygen atoms in total. The Kier molecular flexibility index (Phi) is 2.72. The SMILES string of the molecule is C[C@@H](C(=O)O)n1ccnc1-c1ccccc1. The first-order valence-corrected chi connectivity index (χ1v) is 5.01. The lowest BCUT2D eigenvalue weighted by Gasteiger charge is -2.11. The smallest absolute Gasteiger partial charge is 0.326 e. The van der Waals surface area contributed by atoms with Gasteiger partial charge in [0.15, 0.2) is 0 Å². The molecule has 2 aromatic rings. The van der Waals surface area contributed by atoms with Crippen LogP contribution in [0.2, 0.25) is 0 Å². The van der Waals surface area contributed by atoms with Crippen LogP contribution in [0.5, 0.6) is 0 Å². The summed E-state index contributed by atoms with van der Waals surface area (Å²) in [6.07, 6.45) is 3.29. The van der Waals surface area contributed by atoms with Gasteiger partial charge in [-0.3, -0.25) is 0 Å². The van der Waals surface area contributed by atoms with Crippen LogP contribution < -0.4 is 0 Å². The number of rotatable bonds is 3. The van der Waals surface area contributed by atoms with Crippen molar-refractivity contribution in [2.75, 3.05) is 0 Å². The van der Waals surface area contributed by atoms with E-state index in [4.69, 9.17) is 5.11 Å². The number of carboxylic acids is 1. The fourth-order valence-electron chi connectivity index (χ4n) is 1.56. The van der Waals surface area contributed by atoms with Crippen molar-refractivity contribution in [3.63, 3.8) is 0 Å². The predicted octanol–water partition coefficient (Wildman–Crippen LogP) is 2.20. The molecule has 0 aliphatic rings. The van der Waals surface area contributed by atoms with E-state index < -0.39 is 12.0 Å². The summed E-state index contributed by atoms with van der Waals surface area (Å²) >= 11 is 0. The van der Waals surface area contributed by atoms with Gasteiger partial charge in [-0.05, 0) is 6.92 Å². The molecule has 0 aliphatic heterocycles. The maximum atomic E-state index is 10.9. The third-order valence-corrected chi connectivity index (χ3v) is 2.48. The highest BCUT2D eigenvalue weighted by Gasteiger charge is 2.16. The van der Waals surface area contributed by atoms with Crippen molar-refractivity contribution in [1.82, 2.24) is 9.55 Å². The van der Waals surface area contributed by atoms with Gasteiger partial charge in [0.25, 0.3) is 0 Å². The molecule has 0 radical (unpaired) electrons. The number of carbonyl (C=O) groups is 1. The molecule has 1 N–H and O–H groups in total. The zero-order valence-electron chi connectivity index (χ0n) is 8.87. The summed E-state index contributed by atoms with van der Waals surface area (Å²) in [5.74, 6) is -0.189. The number of hydrogen-bond donors (Lipinski definition) is 1. The second-order valence-electron chi connectivity index (χ2n) is 3.54. The third-order valence-electron chi connectivity index (χ3n) is 2.48. The molecule has 0 bridgehead atoms. The van der Waals surface area contributed by atoms with E-state index in [-0.39, 0.29) is 0 Å². The summed E-state index contributed by atoms with van der Waals surface area (Å²) in [5, 5.41) is 8.98. The molecular formula is C12H12N2O2. The molecule has 1 atom stereocenters. The Bertz CT molecular complexity index is 491. The molecule has 0 saturated heterocycles. The maximum Gasteiger partial charge on any atom is 0.326 e. The molecule has 0 aliphatic carbocycles. The topological polar surface area (TPSA) is 55.1 Å². The maximum absolute atomic E-state index is 10.9. The summed E-state index contributed by atoms with van der Waals surface area (Å²) in [5.41, 5.74) is 0.917. The van der Waals surface area contributed by atoms with Gasteiger partial charge in [-0.2, -0.15) is 0 Å². The van der Waals surface area contributed by atoms with Gasteiger partial charge in [0.1, 0.15) is 11.9 Å². The Morgan fingerprint density at radius 2 is 2.06 bits per heavy atom. The molecule has 0 spiro atoms. The number of imidazole rings is 1. The van der Waals surface area contributed by atoms with Crippen LogP contribution in [0.3, 0.4) is 0 Å². The molecule has 1 aromatic heterocycles. The lowest BCUT2D eigenvalue weighted by molar-refractivity contribution is -0.140. The van der Waals surface area contributed by atoms with Gasteiger partial charge >= 0.3 is 5.97 Å². The van der Waals surface area contributed by atoms with Crippen molar-refractivity contribution in [2.45, 2.75) is 13.0 Å². The van der Waals surface area contributed by atoms with Crippen LogP contribution in [0.25, 0.3) is 11.4 Å². The average Bonchev–Trinajstić information content (AvgIpc) is 2.77. The standard InChI is InChI=1S/C12H12N2O2/c1-9(12(15)16)14-8-7-13-11(14)10-5-3-2-4-6-10/h2-9H,1H3,(H,15,16)/t9-/m0/s1. The van der Waals surface area contributed by atoms with Crippen LogP contribution in [0.15, 0.2) is 42.7 Å². The van der Waals surface area contributed by atoms with Crippen molar-refractivity contribution < 1.29 is 9.90 Å². The summed E-state index contributed by atoms with van der Waals surface area (Å²) in [6.45, 7) is 1.64. The highest BCUT2D eigenvalue weighted by molar-refractivity contribution is 5.72. The molecule has 1 aromatic carbocycles. The Morgan fingerprint density at radius 1 is 1.38 bits per heavy atom. The molecule has 4 heteroatoms.